The summed E-state index contributed by atoms with van der Waals surface area (Å²) >= 11 is 0. The quantitative estimate of drug-likeness (QED) is 0.645. The van der Waals surface area contributed by atoms with Crippen LogP contribution in [0.1, 0.15) is 31.4 Å². The van der Waals surface area contributed by atoms with Crippen LogP contribution in [0.4, 0.5) is 5.69 Å². The van der Waals surface area contributed by atoms with Crippen molar-refractivity contribution < 1.29 is 24.4 Å². The number of Topliss-reactive ketones (excluding diaryl/α,β-unsaturated/α-hetero) is 1. The molecule has 2 aliphatic heterocycles. The predicted octanol–water partition coefficient (Wildman–Crippen LogP) is 2.06. The van der Waals surface area contributed by atoms with Gasteiger partial charge in [0.15, 0.2) is 11.5 Å². The molecule has 0 radical (unpaired) electrons. The summed E-state index contributed by atoms with van der Waals surface area (Å²) in [5.74, 6) is -1.85. The minimum Gasteiger partial charge on any atom is -0.503 e. The number of aliphatic hydroxyl groups is 1. The van der Waals surface area contributed by atoms with Crippen LogP contribution in [-0.4, -0.2) is 45.9 Å². The Hall–Kier alpha value is -2.74. The summed E-state index contributed by atoms with van der Waals surface area (Å²) in [7, 11) is 0. The Kier molecular flexibility index (Phi) is 4.54. The van der Waals surface area contributed by atoms with Gasteiger partial charge in [-0.05, 0) is 25.8 Å². The van der Waals surface area contributed by atoms with E-state index < -0.39 is 28.4 Å². The second-order valence-electron chi connectivity index (χ2n) is 6.13. The van der Waals surface area contributed by atoms with E-state index in [0.717, 1.165) is 12.8 Å². The second kappa shape index (κ2) is 6.64. The van der Waals surface area contributed by atoms with Crippen molar-refractivity contribution in [2.75, 3.05) is 13.2 Å². The standard InChI is InChI=1S/C17H18N2O6/c1-10(20)14-15(12-6-2-3-7-13(12)19(23)24)18(17(22)16(14)21)9-11-5-4-8-25-11/h2-3,6-7,11,15,21H,4-5,8-9H2,1H3/t11-,15+/m0/s1. The number of ketones is 1. The van der Waals surface area contributed by atoms with E-state index >= 15 is 0 Å². The maximum absolute atomic E-state index is 12.5. The number of nitrogens with zero attached hydrogens (tertiary/aromatic N) is 2. The first-order chi connectivity index (χ1) is 11.9. The van der Waals surface area contributed by atoms with Crippen LogP contribution in [0.5, 0.6) is 0 Å². The Bertz CT molecular complexity index is 766. The number of hydrogen-bond acceptors (Lipinski definition) is 6. The van der Waals surface area contributed by atoms with Crippen LogP contribution in [0.25, 0.3) is 0 Å². The zero-order valence-corrected chi connectivity index (χ0v) is 13.7. The third kappa shape index (κ3) is 3.00. The molecule has 0 bridgehead atoms. The van der Waals surface area contributed by atoms with Gasteiger partial charge in [0.25, 0.3) is 11.6 Å². The van der Waals surface area contributed by atoms with E-state index in [1.165, 1.54) is 30.0 Å². The Morgan fingerprint density at radius 2 is 2.16 bits per heavy atom. The Morgan fingerprint density at radius 3 is 2.76 bits per heavy atom. The molecule has 1 aromatic carbocycles. The molecule has 132 valence electrons. The van der Waals surface area contributed by atoms with Gasteiger partial charge in [0.1, 0.15) is 0 Å². The van der Waals surface area contributed by atoms with Gasteiger partial charge in [-0.2, -0.15) is 0 Å². The summed E-state index contributed by atoms with van der Waals surface area (Å²) in [4.78, 5) is 36.7. The molecule has 1 N–H and O–H groups in total. The summed E-state index contributed by atoms with van der Waals surface area (Å²) in [6.07, 6.45) is 1.40. The van der Waals surface area contributed by atoms with Gasteiger partial charge in [-0.25, -0.2) is 0 Å². The normalized spacial score (nSPS) is 23.4. The first-order valence-corrected chi connectivity index (χ1v) is 8.01. The Balaban J connectivity index is 2.08. The van der Waals surface area contributed by atoms with E-state index in [2.05, 4.69) is 0 Å². The lowest BCUT2D eigenvalue weighted by molar-refractivity contribution is -0.385. The highest BCUT2D eigenvalue weighted by Gasteiger charge is 2.45. The van der Waals surface area contributed by atoms with Gasteiger partial charge >= 0.3 is 0 Å². The number of nitro groups is 1. The van der Waals surface area contributed by atoms with E-state index in [9.17, 15) is 24.8 Å². The topological polar surface area (TPSA) is 110 Å². The molecule has 2 heterocycles. The zero-order valence-electron chi connectivity index (χ0n) is 13.7. The molecule has 25 heavy (non-hydrogen) atoms. The largest absolute Gasteiger partial charge is 0.503 e. The van der Waals surface area contributed by atoms with Crippen molar-refractivity contribution in [3.05, 3.63) is 51.3 Å². The molecular weight excluding hydrogens is 328 g/mol. The zero-order chi connectivity index (χ0) is 18.1. The molecule has 8 nitrogen and oxygen atoms in total. The van der Waals surface area contributed by atoms with Gasteiger partial charge in [-0.15, -0.1) is 0 Å². The highest BCUT2D eigenvalue weighted by molar-refractivity contribution is 6.08. The molecule has 3 rings (SSSR count). The highest BCUT2D eigenvalue weighted by Crippen LogP contribution is 2.41. The number of aliphatic hydroxyl groups excluding tert-OH is 1. The van der Waals surface area contributed by atoms with Gasteiger partial charge in [0.2, 0.25) is 0 Å². The van der Waals surface area contributed by atoms with Crippen LogP contribution in [0.3, 0.4) is 0 Å². The maximum Gasteiger partial charge on any atom is 0.290 e. The number of carbonyl (C=O) groups excluding carboxylic acids is 2. The van der Waals surface area contributed by atoms with Gasteiger partial charge in [-0.3, -0.25) is 19.7 Å². The summed E-state index contributed by atoms with van der Waals surface area (Å²) in [5.41, 5.74) is -0.114. The van der Waals surface area contributed by atoms with Crippen molar-refractivity contribution in [3.63, 3.8) is 0 Å². The third-order valence-electron chi connectivity index (χ3n) is 4.54. The molecule has 1 amide bonds. The maximum atomic E-state index is 12.5. The fraction of sp³-hybridized carbons (Fsp3) is 0.412. The molecular formula is C17H18N2O6. The van der Waals surface area contributed by atoms with Gasteiger partial charge < -0.3 is 14.7 Å². The van der Waals surface area contributed by atoms with Crippen molar-refractivity contribution in [1.29, 1.82) is 0 Å². The number of amides is 1. The lowest BCUT2D eigenvalue weighted by Gasteiger charge is -2.28. The molecule has 1 aromatic rings. The van der Waals surface area contributed by atoms with Crippen LogP contribution in [0.15, 0.2) is 35.6 Å². The summed E-state index contributed by atoms with van der Waals surface area (Å²) in [5, 5.41) is 21.6. The minimum absolute atomic E-state index is 0.114. The number of carbonyl (C=O) groups is 2. The lowest BCUT2D eigenvalue weighted by atomic mass is 9.95. The number of rotatable bonds is 5. The molecule has 0 spiro atoms. The minimum atomic E-state index is -0.990. The van der Waals surface area contributed by atoms with E-state index in [0.29, 0.717) is 6.61 Å². The molecule has 2 atom stereocenters. The van der Waals surface area contributed by atoms with Gasteiger partial charge in [0.05, 0.1) is 28.2 Å². The SMILES string of the molecule is CC(=O)C1=C(O)C(=O)N(C[C@@H]2CCCO2)[C@@H]1c1ccccc1[N+](=O)[O-]. The second-order valence-corrected chi connectivity index (χ2v) is 6.13. The summed E-state index contributed by atoms with van der Waals surface area (Å²) in [6.45, 7) is 1.98. The first-order valence-electron chi connectivity index (χ1n) is 8.01. The number of ether oxygens (including phenoxy) is 1. The highest BCUT2D eigenvalue weighted by atomic mass is 16.6. The predicted molar refractivity (Wildman–Crippen MR) is 86.9 cm³/mol. The van der Waals surface area contributed by atoms with Crippen molar-refractivity contribution >= 4 is 17.4 Å². The van der Waals surface area contributed by atoms with E-state index in [4.69, 9.17) is 4.74 Å². The number of benzene rings is 1. The molecule has 1 saturated heterocycles. The first kappa shape index (κ1) is 17.1. The van der Waals surface area contributed by atoms with Crippen LogP contribution < -0.4 is 0 Å². The fourth-order valence-corrected chi connectivity index (χ4v) is 3.42. The van der Waals surface area contributed by atoms with E-state index in [1.807, 2.05) is 0 Å². The van der Waals surface area contributed by atoms with E-state index in [-0.39, 0.29) is 29.5 Å². The molecule has 0 unspecified atom stereocenters. The average molecular weight is 346 g/mol. The molecule has 8 heteroatoms. The van der Waals surface area contributed by atoms with Crippen LogP contribution in [-0.2, 0) is 14.3 Å². The lowest BCUT2D eigenvalue weighted by Crippen LogP contribution is -2.37. The van der Waals surface area contributed by atoms with E-state index in [1.54, 1.807) is 6.07 Å². The van der Waals surface area contributed by atoms with Crippen molar-refractivity contribution in [3.8, 4) is 0 Å². The van der Waals surface area contributed by atoms with Crippen LogP contribution in [0.2, 0.25) is 0 Å². The molecule has 0 aromatic heterocycles. The summed E-state index contributed by atoms with van der Waals surface area (Å²) in [6, 6.07) is 4.94. The number of nitro benzene ring substituents is 1. The Labute approximate surface area is 143 Å². The van der Waals surface area contributed by atoms with Crippen molar-refractivity contribution in [2.45, 2.75) is 31.9 Å². The molecule has 0 aliphatic carbocycles. The average Bonchev–Trinajstić information content (AvgIpc) is 3.17. The number of hydrogen-bond donors (Lipinski definition) is 1. The van der Waals surface area contributed by atoms with Crippen molar-refractivity contribution in [2.24, 2.45) is 0 Å². The third-order valence-corrected chi connectivity index (χ3v) is 4.54. The molecule has 0 saturated carbocycles. The monoisotopic (exact) mass is 346 g/mol. The fourth-order valence-electron chi connectivity index (χ4n) is 3.42. The van der Waals surface area contributed by atoms with Crippen LogP contribution >= 0.6 is 0 Å². The van der Waals surface area contributed by atoms with Gasteiger partial charge in [0, 0.05) is 19.2 Å². The summed E-state index contributed by atoms with van der Waals surface area (Å²) < 4.78 is 5.54. The smallest absolute Gasteiger partial charge is 0.290 e. The molecule has 1 fully saturated rings. The molecule has 2 aliphatic rings. The Morgan fingerprint density at radius 1 is 1.44 bits per heavy atom. The number of para-hydroxylation sites is 1. The van der Waals surface area contributed by atoms with Crippen LogP contribution in [0, 0.1) is 10.1 Å². The van der Waals surface area contributed by atoms with Gasteiger partial charge in [-0.1, -0.05) is 12.1 Å². The van der Waals surface area contributed by atoms with Crippen molar-refractivity contribution in [1.82, 2.24) is 4.90 Å².